The Bertz CT molecular complexity index is 1500. The maximum absolute atomic E-state index is 13.5. The van der Waals surface area contributed by atoms with Crippen LogP contribution in [0.3, 0.4) is 0 Å². The van der Waals surface area contributed by atoms with Crippen LogP contribution in [-0.4, -0.2) is 24.1 Å². The van der Waals surface area contributed by atoms with E-state index in [9.17, 15) is 4.79 Å². The zero-order valence-corrected chi connectivity index (χ0v) is 18.9. The molecule has 0 bridgehead atoms. The van der Waals surface area contributed by atoms with Crippen molar-refractivity contribution in [1.29, 1.82) is 0 Å². The number of para-hydroxylation sites is 2. The fourth-order valence-electron chi connectivity index (χ4n) is 4.19. The second-order valence-electron chi connectivity index (χ2n) is 8.53. The van der Waals surface area contributed by atoms with Gasteiger partial charge in [-0.3, -0.25) is 13.9 Å². The van der Waals surface area contributed by atoms with Gasteiger partial charge in [-0.15, -0.1) is 0 Å². The summed E-state index contributed by atoms with van der Waals surface area (Å²) in [4.78, 5) is 28.1. The average Bonchev–Trinajstić information content (AvgIpc) is 3.15. The molecule has 0 aliphatic rings. The molecular weight excluding hydrogens is 398 g/mol. The van der Waals surface area contributed by atoms with Crippen molar-refractivity contribution in [3.63, 3.8) is 0 Å². The Morgan fingerprint density at radius 3 is 2.22 bits per heavy atom. The summed E-state index contributed by atoms with van der Waals surface area (Å²) in [5.74, 6) is 0.492. The van der Waals surface area contributed by atoms with Gasteiger partial charge in [-0.2, -0.15) is 0 Å². The lowest BCUT2D eigenvalue weighted by Crippen LogP contribution is -2.23. The molecule has 3 heterocycles. The Hall–Kier alpha value is -3.54. The first kappa shape index (κ1) is 20.4. The van der Waals surface area contributed by atoms with Gasteiger partial charge >= 0.3 is 0 Å². The summed E-state index contributed by atoms with van der Waals surface area (Å²) in [6.45, 7) is 8.52. The molecule has 0 saturated carbocycles. The molecule has 0 unspecified atom stereocenters. The van der Waals surface area contributed by atoms with E-state index in [2.05, 4.69) is 45.0 Å². The lowest BCUT2D eigenvalue weighted by molar-refractivity contribution is 0.510. The van der Waals surface area contributed by atoms with Crippen molar-refractivity contribution >= 4 is 33.2 Å². The lowest BCUT2D eigenvalue weighted by Gasteiger charge is -2.13. The van der Waals surface area contributed by atoms with Crippen LogP contribution in [0.1, 0.15) is 58.1 Å². The molecule has 6 heteroatoms. The van der Waals surface area contributed by atoms with Gasteiger partial charge in [-0.1, -0.05) is 45.0 Å². The van der Waals surface area contributed by atoms with Crippen LogP contribution >= 0.6 is 0 Å². The highest BCUT2D eigenvalue weighted by atomic mass is 16.1. The SMILES string of the molecule is CC[C@H](C)c1ccc(-n2c3nc4ccccc4nc3c3c(=O)n([C@@H](C)CC)cnc32)cc1. The van der Waals surface area contributed by atoms with Crippen LogP contribution in [0.5, 0.6) is 0 Å². The summed E-state index contributed by atoms with van der Waals surface area (Å²) < 4.78 is 3.67. The molecule has 0 spiro atoms. The second-order valence-corrected chi connectivity index (χ2v) is 8.53. The van der Waals surface area contributed by atoms with Gasteiger partial charge in [0.25, 0.3) is 5.56 Å². The summed E-state index contributed by atoms with van der Waals surface area (Å²) >= 11 is 0. The number of benzene rings is 2. The van der Waals surface area contributed by atoms with E-state index in [0.717, 1.165) is 29.6 Å². The van der Waals surface area contributed by atoms with E-state index < -0.39 is 0 Å². The van der Waals surface area contributed by atoms with Gasteiger partial charge in [0, 0.05) is 11.7 Å². The van der Waals surface area contributed by atoms with Crippen LogP contribution in [0, 0.1) is 0 Å². The molecule has 5 aromatic rings. The van der Waals surface area contributed by atoms with Gasteiger partial charge in [-0.25, -0.2) is 15.0 Å². The molecule has 0 radical (unpaired) electrons. The van der Waals surface area contributed by atoms with Crippen molar-refractivity contribution in [2.45, 2.75) is 52.5 Å². The van der Waals surface area contributed by atoms with Crippen molar-refractivity contribution in [2.24, 2.45) is 0 Å². The van der Waals surface area contributed by atoms with Gasteiger partial charge < -0.3 is 0 Å². The fraction of sp³-hybridized carbons (Fsp3) is 0.308. The third-order valence-corrected chi connectivity index (χ3v) is 6.59. The molecule has 3 aromatic heterocycles. The Kier molecular flexibility index (Phi) is 5.00. The van der Waals surface area contributed by atoms with Crippen LogP contribution < -0.4 is 5.56 Å². The molecule has 2 atom stereocenters. The number of nitrogens with zero attached hydrogens (tertiary/aromatic N) is 5. The molecular formula is C26H27N5O. The molecule has 0 saturated heterocycles. The highest BCUT2D eigenvalue weighted by molar-refractivity contribution is 6.05. The highest BCUT2D eigenvalue weighted by Gasteiger charge is 2.21. The Balaban J connectivity index is 1.87. The van der Waals surface area contributed by atoms with Crippen LogP contribution in [0.2, 0.25) is 0 Å². The predicted octanol–water partition coefficient (Wildman–Crippen LogP) is 5.77. The smallest absolute Gasteiger partial charge is 0.265 e. The third kappa shape index (κ3) is 3.09. The van der Waals surface area contributed by atoms with Crippen molar-refractivity contribution in [1.82, 2.24) is 24.1 Å². The largest absolute Gasteiger partial charge is 0.296 e. The minimum atomic E-state index is -0.0751. The number of aromatic nitrogens is 5. The second kappa shape index (κ2) is 7.86. The Labute approximate surface area is 186 Å². The minimum absolute atomic E-state index is 0.0565. The standard InChI is InChI=1S/C26H27N5O/c1-5-16(3)18-11-13-19(14-12-18)31-24-22(26(32)30(15-27-24)17(4)6-2)23-25(31)29-21-10-8-7-9-20(21)28-23/h7-17H,5-6H2,1-4H3/t16-,17-/m0/s1. The summed E-state index contributed by atoms with van der Waals surface area (Å²) in [5.41, 5.74) is 5.55. The molecule has 6 nitrogen and oxygen atoms in total. The maximum atomic E-state index is 13.5. The van der Waals surface area contributed by atoms with E-state index in [4.69, 9.17) is 15.0 Å². The molecule has 0 amide bonds. The van der Waals surface area contributed by atoms with E-state index >= 15 is 0 Å². The van der Waals surface area contributed by atoms with E-state index in [0.29, 0.717) is 28.1 Å². The third-order valence-electron chi connectivity index (χ3n) is 6.59. The van der Waals surface area contributed by atoms with Crippen molar-refractivity contribution in [2.75, 3.05) is 0 Å². The molecule has 0 aliphatic heterocycles. The maximum Gasteiger partial charge on any atom is 0.265 e. The number of hydrogen-bond acceptors (Lipinski definition) is 4. The van der Waals surface area contributed by atoms with Gasteiger partial charge in [0.15, 0.2) is 11.3 Å². The molecule has 0 fully saturated rings. The first-order chi connectivity index (χ1) is 15.5. The first-order valence-corrected chi connectivity index (χ1v) is 11.3. The van der Waals surface area contributed by atoms with Crippen molar-refractivity contribution in [3.8, 4) is 5.69 Å². The number of hydrogen-bond donors (Lipinski definition) is 0. The van der Waals surface area contributed by atoms with Gasteiger partial charge in [0.05, 0.1) is 11.0 Å². The van der Waals surface area contributed by atoms with Gasteiger partial charge in [-0.05, 0) is 55.5 Å². The zero-order chi connectivity index (χ0) is 22.4. The van der Waals surface area contributed by atoms with E-state index in [-0.39, 0.29) is 11.6 Å². The summed E-state index contributed by atoms with van der Waals surface area (Å²) in [6, 6.07) is 16.3. The lowest BCUT2D eigenvalue weighted by atomic mass is 9.99. The number of fused-ring (bicyclic) bond motifs is 4. The van der Waals surface area contributed by atoms with Crippen LogP contribution in [0.15, 0.2) is 59.7 Å². The zero-order valence-electron chi connectivity index (χ0n) is 18.9. The molecule has 0 N–H and O–H groups in total. The molecule has 162 valence electrons. The van der Waals surface area contributed by atoms with Crippen LogP contribution in [0.25, 0.3) is 38.9 Å². The molecule has 32 heavy (non-hydrogen) atoms. The quantitative estimate of drug-likeness (QED) is 0.359. The van der Waals surface area contributed by atoms with E-state index in [1.807, 2.05) is 35.8 Å². The van der Waals surface area contributed by atoms with Gasteiger partial charge in [0.2, 0.25) is 0 Å². The minimum Gasteiger partial charge on any atom is -0.296 e. The summed E-state index contributed by atoms with van der Waals surface area (Å²) in [7, 11) is 0. The van der Waals surface area contributed by atoms with Crippen molar-refractivity contribution < 1.29 is 0 Å². The van der Waals surface area contributed by atoms with Crippen molar-refractivity contribution in [3.05, 3.63) is 70.8 Å². The average molecular weight is 426 g/mol. The normalized spacial score (nSPS) is 13.8. The molecule has 5 rings (SSSR count). The topological polar surface area (TPSA) is 65.6 Å². The van der Waals surface area contributed by atoms with E-state index in [1.54, 1.807) is 10.9 Å². The predicted molar refractivity (Wildman–Crippen MR) is 130 cm³/mol. The summed E-state index contributed by atoms with van der Waals surface area (Å²) in [6.07, 6.45) is 3.59. The molecule has 2 aromatic carbocycles. The summed E-state index contributed by atoms with van der Waals surface area (Å²) in [5, 5.41) is 0.520. The first-order valence-electron chi connectivity index (χ1n) is 11.3. The van der Waals surface area contributed by atoms with Gasteiger partial charge in [0.1, 0.15) is 17.2 Å². The Morgan fingerprint density at radius 1 is 0.875 bits per heavy atom. The van der Waals surface area contributed by atoms with Crippen LogP contribution in [0.4, 0.5) is 0 Å². The van der Waals surface area contributed by atoms with Crippen LogP contribution in [-0.2, 0) is 0 Å². The molecule has 0 aliphatic carbocycles. The Morgan fingerprint density at radius 2 is 1.56 bits per heavy atom. The fourth-order valence-corrected chi connectivity index (χ4v) is 4.19. The monoisotopic (exact) mass is 425 g/mol. The highest BCUT2D eigenvalue weighted by Crippen LogP contribution is 2.29. The number of rotatable bonds is 5. The van der Waals surface area contributed by atoms with E-state index in [1.165, 1.54) is 5.56 Å².